The van der Waals surface area contributed by atoms with Gasteiger partial charge in [0.05, 0.1) is 0 Å². The van der Waals surface area contributed by atoms with Gasteiger partial charge >= 0.3 is 0 Å². The zero-order valence-electron chi connectivity index (χ0n) is 21.0. The van der Waals surface area contributed by atoms with Gasteiger partial charge in [0.25, 0.3) is 0 Å². The number of fused-ring (bicyclic) bond motifs is 20. The van der Waals surface area contributed by atoms with Gasteiger partial charge in [-0.05, 0) is 0 Å². The Morgan fingerprint density at radius 1 is 0.275 bits per heavy atom. The van der Waals surface area contributed by atoms with Crippen LogP contribution in [0.25, 0.3) is 43.1 Å². The van der Waals surface area contributed by atoms with Crippen molar-refractivity contribution in [3.63, 3.8) is 0 Å². The smallest absolute Gasteiger partial charge is 0.142 e. The predicted octanol–water partition coefficient (Wildman–Crippen LogP) is 5.73. The van der Waals surface area contributed by atoms with E-state index >= 15 is 0 Å². The fourth-order valence-corrected chi connectivity index (χ4v) is 5.72. The van der Waals surface area contributed by atoms with Crippen molar-refractivity contribution in [1.82, 2.24) is 19.9 Å². The third-order valence-corrected chi connectivity index (χ3v) is 7.59. The van der Waals surface area contributed by atoms with Gasteiger partial charge in [-0.25, -0.2) is 20.0 Å². The number of benzene rings is 4. The van der Waals surface area contributed by atoms with Crippen molar-refractivity contribution in [1.29, 1.82) is 0 Å². The van der Waals surface area contributed by atoms with Crippen LogP contribution in [0.5, 0.6) is 0 Å². The van der Waals surface area contributed by atoms with E-state index in [9.17, 15) is 0 Å². The highest BCUT2D eigenvalue weighted by Crippen LogP contribution is 2.35. The summed E-state index contributed by atoms with van der Waals surface area (Å²) in [7, 11) is 0. The van der Waals surface area contributed by atoms with Crippen LogP contribution in [-0.4, -0.2) is 19.9 Å². The molecule has 1 aliphatic heterocycles. The molecule has 4 aromatic carbocycles. The maximum atomic E-state index is 5.08. The molecular weight excluding hydrogens is 496 g/mol. The zero-order chi connectivity index (χ0) is 26.2. The van der Waals surface area contributed by atoms with Crippen LogP contribution in [0.15, 0.2) is 117 Å². The summed E-state index contributed by atoms with van der Waals surface area (Å²) >= 11 is 0. The van der Waals surface area contributed by atoms with Crippen LogP contribution in [0.1, 0.15) is 0 Å². The summed E-state index contributed by atoms with van der Waals surface area (Å²) in [4.78, 5) is 34.3. The summed E-state index contributed by atoms with van der Waals surface area (Å²) in [5, 5.41) is 7.91. The van der Waals surface area contributed by atoms with Crippen molar-refractivity contribution >= 4 is 66.4 Å². The molecule has 0 saturated carbocycles. The monoisotopic (exact) mass is 516 g/mol. The fourth-order valence-electron chi connectivity index (χ4n) is 5.72. The number of nitrogens with zero attached hydrogens (tertiary/aromatic N) is 4. The second kappa shape index (κ2) is 7.87. The minimum absolute atomic E-state index is 0.730. The lowest BCUT2D eigenvalue weighted by Gasteiger charge is -1.91. The van der Waals surface area contributed by atoms with Crippen LogP contribution in [0.3, 0.4) is 0 Å². The van der Waals surface area contributed by atoms with Gasteiger partial charge < -0.3 is 19.9 Å². The molecule has 0 aliphatic carbocycles. The lowest BCUT2D eigenvalue weighted by Crippen LogP contribution is -2.10. The Hall–Kier alpha value is -5.76. The van der Waals surface area contributed by atoms with E-state index in [0.717, 1.165) is 88.3 Å². The van der Waals surface area contributed by atoms with Crippen molar-refractivity contribution in [3.8, 4) is 0 Å². The average Bonchev–Trinajstić information content (AvgIpc) is 3.73. The van der Waals surface area contributed by atoms with E-state index in [-0.39, 0.29) is 0 Å². The topological polar surface area (TPSA) is 113 Å². The van der Waals surface area contributed by atoms with Crippen LogP contribution in [0.2, 0.25) is 0 Å². The Labute approximate surface area is 225 Å². The Bertz CT molecular complexity index is 2210. The molecule has 8 bridgehead atoms. The molecule has 0 radical (unpaired) electrons. The Kier molecular flexibility index (Phi) is 4.17. The van der Waals surface area contributed by atoms with Crippen molar-refractivity contribution in [3.05, 3.63) is 119 Å². The molecule has 0 spiro atoms. The van der Waals surface area contributed by atoms with Crippen LogP contribution < -0.4 is 22.0 Å². The van der Waals surface area contributed by atoms with E-state index < -0.39 is 0 Å². The number of aromatic nitrogens is 4. The largest absolute Gasteiger partial charge is 0.324 e. The van der Waals surface area contributed by atoms with Gasteiger partial charge in [-0.2, -0.15) is 0 Å². The van der Waals surface area contributed by atoms with Crippen molar-refractivity contribution in [2.75, 3.05) is 0 Å². The number of aromatic amines is 4. The Balaban J connectivity index is 1.51. The highest BCUT2D eigenvalue weighted by molar-refractivity contribution is 6.01. The minimum Gasteiger partial charge on any atom is -0.324 e. The first-order valence-corrected chi connectivity index (χ1v) is 13.1. The SMILES string of the molecule is c1ccc2c3[nH]c(c2c1)/N=c1\[nH]/c(c2ccccc12)=N\c1[nH]c(c2ccccc12)/N=c1\[nH]/c(c2ccccc12)=N\3. The van der Waals surface area contributed by atoms with Crippen LogP contribution in [-0.2, 0) is 0 Å². The molecule has 8 nitrogen and oxygen atoms in total. The number of H-pyrrole nitrogens is 4. The number of hydrogen-bond donors (Lipinski definition) is 4. The summed E-state index contributed by atoms with van der Waals surface area (Å²) in [6.45, 7) is 0. The third kappa shape index (κ3) is 3.01. The summed E-state index contributed by atoms with van der Waals surface area (Å²) in [5.41, 5.74) is 2.92. The molecule has 5 heterocycles. The normalized spacial score (nSPS) is 16.2. The molecule has 0 amide bonds. The molecule has 0 atom stereocenters. The molecule has 8 aromatic rings. The maximum Gasteiger partial charge on any atom is 0.142 e. The molecule has 0 unspecified atom stereocenters. The molecule has 9 rings (SSSR count). The van der Waals surface area contributed by atoms with E-state index in [1.165, 1.54) is 0 Å². The first-order chi connectivity index (χ1) is 19.8. The number of hydrogen-bond acceptors (Lipinski definition) is 4. The van der Waals surface area contributed by atoms with E-state index in [1.807, 2.05) is 48.5 Å². The van der Waals surface area contributed by atoms with Gasteiger partial charge in [-0.1, -0.05) is 97.1 Å². The van der Waals surface area contributed by atoms with Gasteiger partial charge in [0.1, 0.15) is 45.2 Å². The lowest BCUT2D eigenvalue weighted by atomic mass is 10.2. The fraction of sp³-hybridized carbons (Fsp3) is 0. The number of rotatable bonds is 0. The van der Waals surface area contributed by atoms with Gasteiger partial charge in [0.15, 0.2) is 0 Å². The summed E-state index contributed by atoms with van der Waals surface area (Å²) in [5.74, 6) is 2.92. The first kappa shape index (κ1) is 21.2. The van der Waals surface area contributed by atoms with Crippen molar-refractivity contribution < 1.29 is 0 Å². The predicted molar refractivity (Wildman–Crippen MR) is 156 cm³/mol. The van der Waals surface area contributed by atoms with Crippen LogP contribution >= 0.6 is 0 Å². The second-order valence-corrected chi connectivity index (χ2v) is 9.92. The van der Waals surface area contributed by atoms with E-state index in [0.29, 0.717) is 0 Å². The average molecular weight is 517 g/mol. The van der Waals surface area contributed by atoms with Crippen molar-refractivity contribution in [2.24, 2.45) is 20.0 Å². The molecule has 1 aliphatic rings. The number of nitrogens with one attached hydrogen (secondary N) is 4. The highest BCUT2D eigenvalue weighted by atomic mass is 15.1. The summed E-state index contributed by atoms with van der Waals surface area (Å²) < 4.78 is 0. The van der Waals surface area contributed by atoms with Gasteiger partial charge in [-0.3, -0.25) is 0 Å². The molecule has 0 saturated heterocycles. The molecule has 4 N–H and O–H groups in total. The van der Waals surface area contributed by atoms with Gasteiger partial charge in [0.2, 0.25) is 0 Å². The molecule has 0 fully saturated rings. The lowest BCUT2D eigenvalue weighted by molar-refractivity contribution is 1.08. The molecular formula is C32H20N8. The second-order valence-electron chi connectivity index (χ2n) is 9.92. The molecule has 188 valence electrons. The third-order valence-electron chi connectivity index (χ3n) is 7.59. The zero-order valence-corrected chi connectivity index (χ0v) is 21.0. The maximum absolute atomic E-state index is 5.08. The quantitative estimate of drug-likeness (QED) is 0.197. The van der Waals surface area contributed by atoms with Gasteiger partial charge in [0, 0.05) is 43.1 Å². The van der Waals surface area contributed by atoms with Crippen molar-refractivity contribution in [2.45, 2.75) is 0 Å². The minimum atomic E-state index is 0.730. The highest BCUT2D eigenvalue weighted by Gasteiger charge is 2.14. The van der Waals surface area contributed by atoms with Crippen LogP contribution in [0, 0.1) is 0 Å². The summed E-state index contributed by atoms with van der Waals surface area (Å²) in [6, 6.07) is 32.7. The molecule has 40 heavy (non-hydrogen) atoms. The van der Waals surface area contributed by atoms with E-state index in [4.69, 9.17) is 20.0 Å². The summed E-state index contributed by atoms with van der Waals surface area (Å²) in [6.07, 6.45) is 0. The standard InChI is InChI=1S/C32H20N8/c1-2-10-18-17(9-1)25-33-26(18)38-28-21-13-5-6-14-22(21)30(35-28)40-32-24-16-8-7-15-23(24)31(36-32)39-29-20-12-4-3-11-19(20)27(34-29)37-25/h1-16H,(H4,33,34,35,36,37,38,39,40). The van der Waals surface area contributed by atoms with E-state index in [2.05, 4.69) is 68.5 Å². The Morgan fingerprint density at radius 3 is 0.750 bits per heavy atom. The van der Waals surface area contributed by atoms with Gasteiger partial charge in [-0.15, -0.1) is 0 Å². The molecule has 4 aromatic heterocycles. The van der Waals surface area contributed by atoms with E-state index in [1.54, 1.807) is 0 Å². The molecule has 8 heteroatoms. The van der Waals surface area contributed by atoms with Crippen LogP contribution in [0.4, 0.5) is 23.3 Å². The Morgan fingerprint density at radius 2 is 0.500 bits per heavy atom. The first-order valence-electron chi connectivity index (χ1n) is 13.1.